The van der Waals surface area contributed by atoms with Crippen LogP contribution >= 0.6 is 0 Å². The number of aliphatic carboxylic acids is 1. The van der Waals surface area contributed by atoms with Gasteiger partial charge in [0.1, 0.15) is 0 Å². The summed E-state index contributed by atoms with van der Waals surface area (Å²) < 4.78 is 5.58. The largest absolute Gasteiger partial charge is 0.481 e. The van der Waals surface area contributed by atoms with Crippen molar-refractivity contribution in [2.45, 2.75) is 38.7 Å². The SMILES string of the molecule is CC(CNC(=O)NCCOC1CCCC1)C(=O)O. The third kappa shape index (κ3) is 5.86. The normalized spacial score (nSPS) is 17.4. The predicted octanol–water partition coefficient (Wildman–Crippen LogP) is 0.965. The van der Waals surface area contributed by atoms with Crippen molar-refractivity contribution in [2.24, 2.45) is 5.92 Å². The topological polar surface area (TPSA) is 87.7 Å². The zero-order valence-corrected chi connectivity index (χ0v) is 10.8. The smallest absolute Gasteiger partial charge is 0.314 e. The molecule has 0 aromatic carbocycles. The molecule has 0 aromatic rings. The van der Waals surface area contributed by atoms with Crippen molar-refractivity contribution < 1.29 is 19.4 Å². The highest BCUT2D eigenvalue weighted by Crippen LogP contribution is 2.20. The second kappa shape index (κ2) is 7.92. The van der Waals surface area contributed by atoms with E-state index in [1.54, 1.807) is 6.92 Å². The lowest BCUT2D eigenvalue weighted by Crippen LogP contribution is -2.40. The number of carbonyl (C=O) groups is 2. The standard InChI is InChI=1S/C12H22N2O4/c1-9(11(15)16)8-14-12(17)13-6-7-18-10-4-2-3-5-10/h9-10H,2-8H2,1H3,(H,15,16)(H2,13,14,17). The van der Waals surface area contributed by atoms with Gasteiger partial charge in [-0.25, -0.2) is 4.79 Å². The second-order valence-electron chi connectivity index (χ2n) is 4.65. The predicted molar refractivity (Wildman–Crippen MR) is 66.4 cm³/mol. The number of carboxylic acids is 1. The van der Waals surface area contributed by atoms with E-state index in [1.807, 2.05) is 0 Å². The summed E-state index contributed by atoms with van der Waals surface area (Å²) in [5.74, 6) is -1.50. The van der Waals surface area contributed by atoms with Crippen LogP contribution in [0.15, 0.2) is 0 Å². The number of rotatable bonds is 7. The number of urea groups is 1. The molecule has 1 aliphatic rings. The van der Waals surface area contributed by atoms with Crippen molar-refractivity contribution in [1.82, 2.24) is 10.6 Å². The molecule has 0 aromatic heterocycles. The van der Waals surface area contributed by atoms with Gasteiger partial charge >= 0.3 is 12.0 Å². The van der Waals surface area contributed by atoms with Crippen LogP contribution in [0.25, 0.3) is 0 Å². The van der Waals surface area contributed by atoms with E-state index in [2.05, 4.69) is 10.6 Å². The average molecular weight is 258 g/mol. The summed E-state index contributed by atoms with van der Waals surface area (Å²) in [6, 6.07) is -0.349. The number of amides is 2. The average Bonchev–Trinajstić information content (AvgIpc) is 2.84. The molecule has 0 bridgehead atoms. The first-order valence-electron chi connectivity index (χ1n) is 6.45. The fraction of sp³-hybridized carbons (Fsp3) is 0.833. The number of carbonyl (C=O) groups excluding carboxylic acids is 1. The lowest BCUT2D eigenvalue weighted by Gasteiger charge is -2.12. The molecule has 6 nitrogen and oxygen atoms in total. The number of carboxylic acid groups (broad SMARTS) is 1. The summed E-state index contributed by atoms with van der Waals surface area (Å²) in [5, 5.41) is 13.8. The van der Waals surface area contributed by atoms with Gasteiger partial charge in [0, 0.05) is 13.1 Å². The summed E-state index contributed by atoms with van der Waals surface area (Å²) in [4.78, 5) is 21.8. The van der Waals surface area contributed by atoms with E-state index in [9.17, 15) is 9.59 Å². The Labute approximate surface area is 107 Å². The van der Waals surface area contributed by atoms with Gasteiger partial charge in [0.25, 0.3) is 0 Å². The molecule has 104 valence electrons. The molecule has 6 heteroatoms. The molecule has 3 N–H and O–H groups in total. The minimum absolute atomic E-state index is 0.130. The highest BCUT2D eigenvalue weighted by Gasteiger charge is 2.15. The van der Waals surface area contributed by atoms with Crippen LogP contribution < -0.4 is 10.6 Å². The first kappa shape index (κ1) is 14.8. The maximum atomic E-state index is 11.3. The van der Waals surface area contributed by atoms with Gasteiger partial charge in [-0.3, -0.25) is 4.79 Å². The van der Waals surface area contributed by atoms with Gasteiger partial charge in [-0.1, -0.05) is 19.8 Å². The first-order chi connectivity index (χ1) is 8.59. The van der Waals surface area contributed by atoms with Gasteiger partial charge in [0.2, 0.25) is 0 Å². The Bertz CT molecular complexity index is 277. The van der Waals surface area contributed by atoms with Crippen molar-refractivity contribution in [3.63, 3.8) is 0 Å². The van der Waals surface area contributed by atoms with Crippen LogP contribution in [0, 0.1) is 5.92 Å². The first-order valence-corrected chi connectivity index (χ1v) is 6.45. The Balaban J connectivity index is 1.97. The molecular formula is C12H22N2O4. The van der Waals surface area contributed by atoms with Crippen LogP contribution in [-0.4, -0.2) is 42.9 Å². The third-order valence-electron chi connectivity index (χ3n) is 3.03. The highest BCUT2D eigenvalue weighted by atomic mass is 16.5. The zero-order chi connectivity index (χ0) is 13.4. The zero-order valence-electron chi connectivity index (χ0n) is 10.8. The number of ether oxygens (including phenoxy) is 1. The quantitative estimate of drug-likeness (QED) is 0.594. The van der Waals surface area contributed by atoms with E-state index < -0.39 is 11.9 Å². The summed E-state index contributed by atoms with van der Waals surface area (Å²) in [6.45, 7) is 2.63. The minimum Gasteiger partial charge on any atom is -0.481 e. The fourth-order valence-electron chi connectivity index (χ4n) is 1.84. The van der Waals surface area contributed by atoms with E-state index in [4.69, 9.17) is 9.84 Å². The Kier molecular flexibility index (Phi) is 6.49. The van der Waals surface area contributed by atoms with Crippen molar-refractivity contribution in [3.05, 3.63) is 0 Å². The Morgan fingerprint density at radius 3 is 2.61 bits per heavy atom. The van der Waals surface area contributed by atoms with Gasteiger partial charge in [-0.2, -0.15) is 0 Å². The van der Waals surface area contributed by atoms with Crippen molar-refractivity contribution in [3.8, 4) is 0 Å². The van der Waals surface area contributed by atoms with Crippen LogP contribution in [0.4, 0.5) is 4.79 Å². The van der Waals surface area contributed by atoms with Gasteiger partial charge in [-0.15, -0.1) is 0 Å². The van der Waals surface area contributed by atoms with Crippen molar-refractivity contribution >= 4 is 12.0 Å². The van der Waals surface area contributed by atoms with Crippen LogP contribution in [0.2, 0.25) is 0 Å². The van der Waals surface area contributed by atoms with Crippen LogP contribution in [0.3, 0.4) is 0 Å². The molecule has 1 rings (SSSR count). The van der Waals surface area contributed by atoms with Crippen LogP contribution in [-0.2, 0) is 9.53 Å². The fourth-order valence-corrected chi connectivity index (χ4v) is 1.84. The van der Waals surface area contributed by atoms with Gasteiger partial charge in [-0.05, 0) is 12.8 Å². The summed E-state index contributed by atoms with van der Waals surface area (Å²) >= 11 is 0. The molecule has 1 unspecified atom stereocenters. The number of nitrogens with one attached hydrogen (secondary N) is 2. The van der Waals surface area contributed by atoms with E-state index >= 15 is 0 Å². The van der Waals surface area contributed by atoms with E-state index in [1.165, 1.54) is 12.8 Å². The van der Waals surface area contributed by atoms with Gasteiger partial charge in [0.15, 0.2) is 0 Å². The van der Waals surface area contributed by atoms with Crippen molar-refractivity contribution in [2.75, 3.05) is 19.7 Å². The van der Waals surface area contributed by atoms with E-state index in [-0.39, 0.29) is 12.6 Å². The maximum Gasteiger partial charge on any atom is 0.314 e. The monoisotopic (exact) mass is 258 g/mol. The molecule has 18 heavy (non-hydrogen) atoms. The second-order valence-corrected chi connectivity index (χ2v) is 4.65. The summed E-state index contributed by atoms with van der Waals surface area (Å²) in [5.41, 5.74) is 0. The van der Waals surface area contributed by atoms with Gasteiger partial charge in [0.05, 0.1) is 18.6 Å². The molecule has 0 radical (unpaired) electrons. The number of hydrogen-bond acceptors (Lipinski definition) is 3. The number of hydrogen-bond donors (Lipinski definition) is 3. The molecule has 1 fully saturated rings. The van der Waals surface area contributed by atoms with E-state index in [0.717, 1.165) is 12.8 Å². The molecule has 0 spiro atoms. The molecule has 0 heterocycles. The Morgan fingerprint density at radius 1 is 1.33 bits per heavy atom. The highest BCUT2D eigenvalue weighted by molar-refractivity contribution is 5.75. The molecule has 1 atom stereocenters. The Hall–Kier alpha value is -1.30. The van der Waals surface area contributed by atoms with E-state index in [0.29, 0.717) is 19.3 Å². The Morgan fingerprint density at radius 2 is 2.00 bits per heavy atom. The molecule has 0 aliphatic heterocycles. The summed E-state index contributed by atoms with van der Waals surface area (Å²) in [7, 11) is 0. The minimum atomic E-state index is -0.917. The molecule has 1 aliphatic carbocycles. The summed E-state index contributed by atoms with van der Waals surface area (Å²) in [6.07, 6.45) is 5.03. The molecule has 0 saturated heterocycles. The molecule has 1 saturated carbocycles. The lowest BCUT2D eigenvalue weighted by molar-refractivity contribution is -0.140. The third-order valence-corrected chi connectivity index (χ3v) is 3.03. The lowest BCUT2D eigenvalue weighted by atomic mass is 10.2. The van der Waals surface area contributed by atoms with Gasteiger partial charge < -0.3 is 20.5 Å². The van der Waals surface area contributed by atoms with Crippen LogP contribution in [0.5, 0.6) is 0 Å². The maximum absolute atomic E-state index is 11.3. The van der Waals surface area contributed by atoms with Crippen molar-refractivity contribution in [1.29, 1.82) is 0 Å². The van der Waals surface area contributed by atoms with Crippen LogP contribution in [0.1, 0.15) is 32.6 Å². The molecule has 2 amide bonds. The molecular weight excluding hydrogens is 236 g/mol.